The number of aryl methyl sites for hydroxylation is 1. The molecule has 0 radical (unpaired) electrons. The summed E-state index contributed by atoms with van der Waals surface area (Å²) >= 11 is 1.60. The van der Waals surface area contributed by atoms with E-state index in [9.17, 15) is 23.4 Å². The van der Waals surface area contributed by atoms with Crippen LogP contribution in [0.4, 0.5) is 5.69 Å². The van der Waals surface area contributed by atoms with Gasteiger partial charge in [0.2, 0.25) is 15.9 Å². The third-order valence-corrected chi connectivity index (χ3v) is 10.4. The molecule has 0 aromatic heterocycles. The second-order valence-electron chi connectivity index (χ2n) is 11.4. The van der Waals surface area contributed by atoms with Crippen LogP contribution < -0.4 is 10.0 Å². The van der Waals surface area contributed by atoms with Gasteiger partial charge in [-0.3, -0.25) is 4.79 Å². The number of ether oxygens (including phenoxy) is 2. The largest absolute Gasteiger partial charge is 0.396 e. The zero-order valence-corrected chi connectivity index (χ0v) is 27.8. The molecule has 47 heavy (non-hydrogen) atoms. The van der Waals surface area contributed by atoms with E-state index in [2.05, 4.69) is 10.0 Å². The van der Waals surface area contributed by atoms with E-state index >= 15 is 0 Å². The minimum Gasteiger partial charge on any atom is -0.396 e. The minimum atomic E-state index is -3.99. The van der Waals surface area contributed by atoms with E-state index in [1.54, 1.807) is 42.1 Å². The lowest BCUT2D eigenvalue weighted by molar-refractivity contribution is -0.245. The molecule has 4 N–H and O–H groups in total. The number of amides is 1. The maximum atomic E-state index is 13.7. The van der Waals surface area contributed by atoms with Gasteiger partial charge in [0.25, 0.3) is 0 Å². The van der Waals surface area contributed by atoms with Crippen molar-refractivity contribution in [1.29, 1.82) is 0 Å². The molecule has 4 aromatic carbocycles. The lowest BCUT2D eigenvalue weighted by atomic mass is 10.0. The van der Waals surface area contributed by atoms with Gasteiger partial charge in [-0.05, 0) is 54.3 Å². The summed E-state index contributed by atoms with van der Waals surface area (Å²) < 4.78 is 42.0. The Morgan fingerprint density at radius 3 is 2.34 bits per heavy atom. The number of hydrogen-bond donors (Lipinski definition) is 4. The highest BCUT2D eigenvalue weighted by molar-refractivity contribution is 7.99. The van der Waals surface area contributed by atoms with Crippen molar-refractivity contribution in [2.75, 3.05) is 23.4 Å². The molecule has 5 rings (SSSR count). The highest BCUT2D eigenvalue weighted by Crippen LogP contribution is 2.39. The highest BCUT2D eigenvalue weighted by Gasteiger charge is 2.33. The average molecular weight is 677 g/mol. The van der Waals surface area contributed by atoms with E-state index in [4.69, 9.17) is 9.47 Å². The van der Waals surface area contributed by atoms with Crippen LogP contribution in [0.15, 0.2) is 108 Å². The topological polar surface area (TPSA) is 134 Å². The fourth-order valence-electron chi connectivity index (χ4n) is 5.30. The average Bonchev–Trinajstić information content (AvgIpc) is 3.09. The Kier molecular flexibility index (Phi) is 12.2. The number of benzene rings is 4. The number of hydrogen-bond acceptors (Lipinski definition) is 8. The molecular formula is C36H40N2O7S2. The molecule has 1 heterocycles. The van der Waals surface area contributed by atoms with Gasteiger partial charge in [-0.1, -0.05) is 84.4 Å². The number of sulfonamides is 1. The number of rotatable bonds is 14. The van der Waals surface area contributed by atoms with Crippen LogP contribution in [0.1, 0.15) is 46.6 Å². The van der Waals surface area contributed by atoms with Crippen molar-refractivity contribution in [2.24, 2.45) is 0 Å². The van der Waals surface area contributed by atoms with E-state index in [1.807, 2.05) is 67.6 Å². The SMILES string of the molecule is Cc1ccc(S(=O)(=O)N[C@H](Cc2ccccc2)C(=O)Nc2cccc([C@H]3O[C@@H](CSCCO)C[C@@H](c4ccc(CO)cc4)O3)c2)cc1. The standard InChI is InChI=1S/C36H40N2O7S2/c1-25-10-16-32(17-11-25)47(42,43)38-33(20-26-6-3-2-4-7-26)35(41)37-30-9-5-8-29(21-30)36-44-31(24-46-19-18-39)22-34(45-36)28-14-12-27(23-40)13-15-28/h2-17,21,31,33-34,36,38-40H,18-20,22-24H2,1H3,(H,37,41)/t31-,33-,34+,36+/m1/s1. The second kappa shape index (κ2) is 16.5. The molecule has 11 heteroatoms. The minimum absolute atomic E-state index is 0.0456. The van der Waals surface area contributed by atoms with Crippen LogP contribution in [0.2, 0.25) is 0 Å². The summed E-state index contributed by atoms with van der Waals surface area (Å²) in [6.07, 6.45) is -0.395. The predicted octanol–water partition coefficient (Wildman–Crippen LogP) is 5.29. The molecule has 1 amide bonds. The van der Waals surface area contributed by atoms with Crippen LogP contribution in [0.5, 0.6) is 0 Å². The van der Waals surface area contributed by atoms with Crippen molar-refractivity contribution in [3.63, 3.8) is 0 Å². The van der Waals surface area contributed by atoms with E-state index in [0.29, 0.717) is 29.2 Å². The van der Waals surface area contributed by atoms with Gasteiger partial charge in [0.15, 0.2) is 6.29 Å². The molecule has 1 saturated heterocycles. The molecule has 0 unspecified atom stereocenters. The maximum Gasteiger partial charge on any atom is 0.242 e. The number of carbonyl (C=O) groups excluding carboxylic acids is 1. The van der Waals surface area contributed by atoms with Gasteiger partial charge < -0.3 is 25.0 Å². The summed E-state index contributed by atoms with van der Waals surface area (Å²) in [6.45, 7) is 1.91. The zero-order valence-electron chi connectivity index (χ0n) is 26.1. The predicted molar refractivity (Wildman–Crippen MR) is 183 cm³/mol. The fraction of sp³-hybridized carbons (Fsp3) is 0.306. The lowest BCUT2D eigenvalue weighted by Gasteiger charge is -2.36. The number of aliphatic hydroxyl groups is 2. The molecule has 0 spiro atoms. The van der Waals surface area contributed by atoms with Crippen LogP contribution in [-0.2, 0) is 37.3 Å². The normalized spacial score (nSPS) is 18.8. The molecule has 0 aliphatic carbocycles. The number of nitrogens with one attached hydrogen (secondary N) is 2. The van der Waals surface area contributed by atoms with Gasteiger partial charge in [0.05, 0.1) is 30.3 Å². The lowest BCUT2D eigenvalue weighted by Crippen LogP contribution is -2.45. The monoisotopic (exact) mass is 676 g/mol. The second-order valence-corrected chi connectivity index (χ2v) is 14.3. The van der Waals surface area contributed by atoms with E-state index in [-0.39, 0.29) is 36.7 Å². The Bertz CT molecular complexity index is 1700. The van der Waals surface area contributed by atoms with E-state index in [1.165, 1.54) is 12.1 Å². The van der Waals surface area contributed by atoms with Gasteiger partial charge in [-0.2, -0.15) is 16.5 Å². The Morgan fingerprint density at radius 1 is 0.894 bits per heavy atom. The van der Waals surface area contributed by atoms with Gasteiger partial charge in [0, 0.05) is 29.2 Å². The molecule has 1 aliphatic rings. The van der Waals surface area contributed by atoms with Crippen molar-refractivity contribution < 1.29 is 32.9 Å². The zero-order chi connectivity index (χ0) is 33.2. The molecule has 1 fully saturated rings. The Labute approximate surface area is 280 Å². The summed E-state index contributed by atoms with van der Waals surface area (Å²) in [5.74, 6) is 0.762. The Hall–Kier alpha value is -3.55. The van der Waals surface area contributed by atoms with Gasteiger partial charge in [-0.15, -0.1) is 0 Å². The fourth-order valence-corrected chi connectivity index (χ4v) is 7.27. The number of thioether (sulfide) groups is 1. The van der Waals surface area contributed by atoms with Gasteiger partial charge in [0.1, 0.15) is 6.04 Å². The van der Waals surface area contributed by atoms with Crippen LogP contribution in [0.3, 0.4) is 0 Å². The molecular weight excluding hydrogens is 637 g/mol. The molecule has 4 atom stereocenters. The Balaban J connectivity index is 1.35. The molecule has 9 nitrogen and oxygen atoms in total. The smallest absolute Gasteiger partial charge is 0.242 e. The maximum absolute atomic E-state index is 13.7. The quantitative estimate of drug-likeness (QED) is 0.133. The van der Waals surface area contributed by atoms with Gasteiger partial charge >= 0.3 is 0 Å². The molecule has 0 saturated carbocycles. The van der Waals surface area contributed by atoms with Crippen molar-refractivity contribution in [2.45, 2.75) is 55.8 Å². The number of aliphatic hydroxyl groups excluding tert-OH is 2. The third kappa shape index (κ3) is 9.74. The Morgan fingerprint density at radius 2 is 1.64 bits per heavy atom. The summed E-state index contributed by atoms with van der Waals surface area (Å²) in [4.78, 5) is 13.8. The summed E-state index contributed by atoms with van der Waals surface area (Å²) in [7, 11) is -3.99. The van der Waals surface area contributed by atoms with Crippen LogP contribution in [0, 0.1) is 6.92 Å². The van der Waals surface area contributed by atoms with Crippen molar-refractivity contribution >= 4 is 33.4 Å². The molecule has 0 bridgehead atoms. The number of carbonyl (C=O) groups is 1. The van der Waals surface area contributed by atoms with Gasteiger partial charge in [-0.25, -0.2) is 8.42 Å². The molecule has 248 valence electrons. The van der Waals surface area contributed by atoms with Crippen LogP contribution in [0.25, 0.3) is 0 Å². The highest BCUT2D eigenvalue weighted by atomic mass is 32.2. The molecule has 4 aromatic rings. The third-order valence-electron chi connectivity index (χ3n) is 7.81. The first-order valence-electron chi connectivity index (χ1n) is 15.5. The molecule has 1 aliphatic heterocycles. The summed E-state index contributed by atoms with van der Waals surface area (Å²) in [6, 6.07) is 29.4. The van der Waals surface area contributed by atoms with Crippen molar-refractivity contribution in [3.05, 3.63) is 131 Å². The first-order valence-corrected chi connectivity index (χ1v) is 18.1. The van der Waals surface area contributed by atoms with E-state index < -0.39 is 28.3 Å². The van der Waals surface area contributed by atoms with E-state index in [0.717, 1.165) is 22.3 Å². The summed E-state index contributed by atoms with van der Waals surface area (Å²) in [5, 5.41) is 21.6. The van der Waals surface area contributed by atoms with Crippen LogP contribution >= 0.6 is 11.8 Å². The first kappa shape index (κ1) is 34.8. The number of anilines is 1. The first-order chi connectivity index (χ1) is 22.7. The van der Waals surface area contributed by atoms with Crippen molar-refractivity contribution in [1.82, 2.24) is 4.72 Å². The van der Waals surface area contributed by atoms with Crippen LogP contribution in [-0.4, -0.2) is 54.8 Å². The summed E-state index contributed by atoms with van der Waals surface area (Å²) in [5.41, 5.74) is 4.66. The van der Waals surface area contributed by atoms with Crippen molar-refractivity contribution in [3.8, 4) is 0 Å².